The maximum absolute atomic E-state index is 13.3. The number of nitrogens with zero attached hydrogens (tertiary/aromatic N) is 1. The van der Waals surface area contributed by atoms with E-state index >= 15 is 0 Å². The van der Waals surface area contributed by atoms with Crippen molar-refractivity contribution in [2.24, 2.45) is 0 Å². The van der Waals surface area contributed by atoms with Crippen LogP contribution in [0.4, 0.5) is 4.39 Å². The van der Waals surface area contributed by atoms with E-state index in [9.17, 15) is 4.39 Å². The summed E-state index contributed by atoms with van der Waals surface area (Å²) in [5, 5.41) is 8.60. The van der Waals surface area contributed by atoms with Crippen molar-refractivity contribution in [2.75, 3.05) is 7.11 Å². The quantitative estimate of drug-likeness (QED) is 0.657. The minimum Gasteiger partial charge on any atom is -0.494 e. The summed E-state index contributed by atoms with van der Waals surface area (Å²) in [6.07, 6.45) is 3.11. The highest BCUT2D eigenvalue weighted by Crippen LogP contribution is 2.35. The van der Waals surface area contributed by atoms with Gasteiger partial charge in [0.2, 0.25) is 0 Å². The maximum atomic E-state index is 13.3. The number of hydrogen-bond acceptors (Lipinski definition) is 2. The number of halogens is 1. The molecule has 1 aromatic carbocycles. The minimum absolute atomic E-state index is 0.236. The molecule has 2 rings (SSSR count). The smallest absolute Gasteiger partial charge is 0.165 e. The Kier molecular flexibility index (Phi) is 2.42. The van der Waals surface area contributed by atoms with Crippen LogP contribution in [0.1, 0.15) is 17.5 Å². The first kappa shape index (κ1) is 9.72. The predicted molar refractivity (Wildman–Crippen MR) is 54.9 cm³/mol. The Bertz CT molecular complexity index is 471. The highest BCUT2D eigenvalue weighted by molar-refractivity contribution is 5.75. The van der Waals surface area contributed by atoms with Crippen LogP contribution in [0.15, 0.2) is 18.2 Å². The summed E-state index contributed by atoms with van der Waals surface area (Å²) in [6.45, 7) is 0. The molecule has 0 radical (unpaired) electrons. The average Bonchev–Trinajstić information content (AvgIpc) is 2.60. The zero-order valence-corrected chi connectivity index (χ0v) is 8.38. The molecule has 0 saturated carbocycles. The molecule has 1 aliphatic carbocycles. The van der Waals surface area contributed by atoms with Crippen LogP contribution in [-0.4, -0.2) is 7.11 Å². The summed E-state index contributed by atoms with van der Waals surface area (Å²) < 4.78 is 18.3. The Morgan fingerprint density at radius 2 is 2.27 bits per heavy atom. The van der Waals surface area contributed by atoms with Gasteiger partial charge in [-0.2, -0.15) is 5.26 Å². The largest absolute Gasteiger partial charge is 0.494 e. The Morgan fingerprint density at radius 1 is 1.47 bits per heavy atom. The lowest BCUT2D eigenvalue weighted by Gasteiger charge is -2.05. The molecule has 15 heavy (non-hydrogen) atoms. The van der Waals surface area contributed by atoms with Gasteiger partial charge in [0.05, 0.1) is 13.2 Å². The first-order valence-electron chi connectivity index (χ1n) is 4.71. The second-order valence-electron chi connectivity index (χ2n) is 3.44. The number of fused-ring (bicyclic) bond motifs is 1. The molecule has 3 heteroatoms. The van der Waals surface area contributed by atoms with Gasteiger partial charge in [-0.3, -0.25) is 0 Å². The van der Waals surface area contributed by atoms with Crippen LogP contribution in [0.2, 0.25) is 0 Å². The molecule has 0 aliphatic heterocycles. The van der Waals surface area contributed by atoms with E-state index in [2.05, 4.69) is 0 Å². The van der Waals surface area contributed by atoms with E-state index in [0.717, 1.165) is 29.5 Å². The van der Waals surface area contributed by atoms with E-state index in [4.69, 9.17) is 10.00 Å². The Balaban J connectivity index is 2.55. The van der Waals surface area contributed by atoms with Crippen molar-refractivity contribution in [1.29, 1.82) is 5.26 Å². The molecule has 0 saturated heterocycles. The summed E-state index contributed by atoms with van der Waals surface area (Å²) in [7, 11) is 1.44. The number of aryl methyl sites for hydroxylation is 1. The van der Waals surface area contributed by atoms with Gasteiger partial charge in [0.15, 0.2) is 11.6 Å². The van der Waals surface area contributed by atoms with Gasteiger partial charge >= 0.3 is 0 Å². The first-order chi connectivity index (χ1) is 7.26. The predicted octanol–water partition coefficient (Wildman–Crippen LogP) is 2.69. The van der Waals surface area contributed by atoms with Crippen LogP contribution in [0, 0.1) is 17.1 Å². The Morgan fingerprint density at radius 3 is 2.93 bits per heavy atom. The fourth-order valence-electron chi connectivity index (χ4n) is 1.89. The second-order valence-corrected chi connectivity index (χ2v) is 3.44. The maximum Gasteiger partial charge on any atom is 0.165 e. The van der Waals surface area contributed by atoms with Crippen molar-refractivity contribution < 1.29 is 9.13 Å². The third-order valence-corrected chi connectivity index (χ3v) is 2.63. The highest BCUT2D eigenvalue weighted by Gasteiger charge is 2.19. The summed E-state index contributed by atoms with van der Waals surface area (Å²) in [4.78, 5) is 0. The highest BCUT2D eigenvalue weighted by atomic mass is 19.1. The van der Waals surface area contributed by atoms with Crippen molar-refractivity contribution in [3.05, 3.63) is 35.2 Å². The Hall–Kier alpha value is -1.82. The normalized spacial score (nSPS) is 16.2. The van der Waals surface area contributed by atoms with Gasteiger partial charge in [-0.25, -0.2) is 4.39 Å². The van der Waals surface area contributed by atoms with Gasteiger partial charge in [-0.1, -0.05) is 0 Å². The van der Waals surface area contributed by atoms with Crippen molar-refractivity contribution in [2.45, 2.75) is 12.8 Å². The molecular formula is C12H10FNO. The fraction of sp³-hybridized carbons (Fsp3) is 0.250. The number of benzene rings is 1. The van der Waals surface area contributed by atoms with Crippen molar-refractivity contribution >= 4 is 5.57 Å². The van der Waals surface area contributed by atoms with Gasteiger partial charge in [-0.15, -0.1) is 0 Å². The molecular weight excluding hydrogens is 193 g/mol. The lowest BCUT2D eigenvalue weighted by atomic mass is 10.1. The van der Waals surface area contributed by atoms with E-state index in [1.54, 1.807) is 6.07 Å². The van der Waals surface area contributed by atoms with E-state index in [-0.39, 0.29) is 11.6 Å². The lowest BCUT2D eigenvalue weighted by molar-refractivity contribution is 0.386. The zero-order valence-electron chi connectivity index (χ0n) is 8.38. The number of ether oxygens (including phenoxy) is 1. The lowest BCUT2D eigenvalue weighted by Crippen LogP contribution is -1.91. The summed E-state index contributed by atoms with van der Waals surface area (Å²) in [6, 6.07) is 5.17. The van der Waals surface area contributed by atoms with E-state index < -0.39 is 0 Å². The van der Waals surface area contributed by atoms with Crippen LogP contribution in [0.25, 0.3) is 5.57 Å². The molecule has 1 aromatic rings. The van der Waals surface area contributed by atoms with Crippen molar-refractivity contribution in [3.63, 3.8) is 0 Å². The molecule has 2 nitrogen and oxygen atoms in total. The summed E-state index contributed by atoms with van der Waals surface area (Å²) >= 11 is 0. The number of hydrogen-bond donors (Lipinski definition) is 0. The second kappa shape index (κ2) is 3.74. The first-order valence-corrected chi connectivity index (χ1v) is 4.71. The standard InChI is InChI=1S/C12H10FNO/c1-15-12-7-10-8(4-5-14)2-3-9(10)6-11(12)13/h4,6-7H,2-3H2,1H3/b8-4+. The molecule has 0 spiro atoms. The summed E-state index contributed by atoms with van der Waals surface area (Å²) in [5.41, 5.74) is 2.86. The molecule has 0 atom stereocenters. The number of rotatable bonds is 1. The minimum atomic E-state index is -0.338. The van der Waals surface area contributed by atoms with Crippen LogP contribution in [0.3, 0.4) is 0 Å². The number of methoxy groups -OCH3 is 1. The zero-order chi connectivity index (χ0) is 10.8. The number of nitriles is 1. The molecule has 0 amide bonds. The molecule has 0 unspecified atom stereocenters. The van der Waals surface area contributed by atoms with Crippen LogP contribution in [-0.2, 0) is 6.42 Å². The SMILES string of the molecule is COc1cc2c(cc1F)CC/C2=C\C#N. The van der Waals surface area contributed by atoms with Gasteiger partial charge in [0.1, 0.15) is 0 Å². The molecule has 0 aromatic heterocycles. The van der Waals surface area contributed by atoms with Crippen molar-refractivity contribution in [1.82, 2.24) is 0 Å². The molecule has 0 bridgehead atoms. The van der Waals surface area contributed by atoms with Crippen LogP contribution < -0.4 is 4.74 Å². The van der Waals surface area contributed by atoms with Gasteiger partial charge in [-0.05, 0) is 41.7 Å². The van der Waals surface area contributed by atoms with E-state index in [0.29, 0.717) is 0 Å². The Labute approximate surface area is 87.6 Å². The summed E-state index contributed by atoms with van der Waals surface area (Å²) in [5.74, 6) is -0.103. The van der Waals surface area contributed by atoms with Gasteiger partial charge < -0.3 is 4.74 Å². The molecule has 1 aliphatic rings. The van der Waals surface area contributed by atoms with Crippen LogP contribution >= 0.6 is 0 Å². The van der Waals surface area contributed by atoms with E-state index in [1.165, 1.54) is 19.3 Å². The van der Waals surface area contributed by atoms with Crippen LogP contribution in [0.5, 0.6) is 5.75 Å². The van der Waals surface area contributed by atoms with E-state index in [1.807, 2.05) is 6.07 Å². The molecule has 0 heterocycles. The van der Waals surface area contributed by atoms with Gasteiger partial charge in [0, 0.05) is 6.08 Å². The van der Waals surface area contributed by atoms with Crippen molar-refractivity contribution in [3.8, 4) is 11.8 Å². The third-order valence-electron chi connectivity index (χ3n) is 2.63. The van der Waals surface area contributed by atoms with Gasteiger partial charge in [0.25, 0.3) is 0 Å². The molecule has 76 valence electrons. The third kappa shape index (κ3) is 1.59. The monoisotopic (exact) mass is 203 g/mol. The fourth-order valence-corrected chi connectivity index (χ4v) is 1.89. The molecule has 0 N–H and O–H groups in total. The topological polar surface area (TPSA) is 33.0 Å². The average molecular weight is 203 g/mol. The molecule has 0 fully saturated rings. The number of allylic oxidation sites excluding steroid dienone is 2.